The van der Waals surface area contributed by atoms with Crippen LogP contribution in [-0.2, 0) is 12.8 Å². The lowest BCUT2D eigenvalue weighted by atomic mass is 10.0. The van der Waals surface area contributed by atoms with Crippen LogP contribution >= 0.6 is 0 Å². The Kier molecular flexibility index (Phi) is 1.81. The molecule has 1 aliphatic rings. The number of imidazole rings is 1. The molecule has 0 amide bonds. The third kappa shape index (κ3) is 1.26. The van der Waals surface area contributed by atoms with Crippen LogP contribution in [-0.4, -0.2) is 14.4 Å². The third-order valence-corrected chi connectivity index (χ3v) is 3.16. The van der Waals surface area contributed by atoms with E-state index in [4.69, 9.17) is 0 Å². The van der Waals surface area contributed by atoms with Gasteiger partial charge in [-0.15, -0.1) is 0 Å². The largest absolute Gasteiger partial charge is 0.285 e. The van der Waals surface area contributed by atoms with Crippen LogP contribution in [0.1, 0.15) is 35.6 Å². The summed E-state index contributed by atoms with van der Waals surface area (Å²) < 4.78 is 2.22. The van der Waals surface area contributed by atoms with Gasteiger partial charge in [-0.3, -0.25) is 4.40 Å². The van der Waals surface area contributed by atoms with Gasteiger partial charge in [0, 0.05) is 17.1 Å². The monoisotopic (exact) mass is 201 g/mol. The van der Waals surface area contributed by atoms with Crippen LogP contribution in [0.25, 0.3) is 5.78 Å². The van der Waals surface area contributed by atoms with E-state index in [1.807, 2.05) is 6.92 Å². The maximum absolute atomic E-state index is 4.63. The summed E-state index contributed by atoms with van der Waals surface area (Å²) in [6, 6.07) is 2.13. The normalized spacial score (nSPS) is 15.6. The molecule has 3 heteroatoms. The Labute approximate surface area is 89.2 Å². The lowest BCUT2D eigenvalue weighted by Crippen LogP contribution is -2.05. The van der Waals surface area contributed by atoms with Crippen LogP contribution < -0.4 is 0 Å². The molecule has 2 heterocycles. The highest BCUT2D eigenvalue weighted by atomic mass is 15.1. The highest BCUT2D eigenvalue weighted by molar-refractivity contribution is 5.40. The van der Waals surface area contributed by atoms with Crippen LogP contribution in [0.4, 0.5) is 0 Å². The summed E-state index contributed by atoms with van der Waals surface area (Å²) in [4.78, 5) is 9.12. The van der Waals surface area contributed by atoms with Crippen molar-refractivity contribution in [3.8, 4) is 0 Å². The highest BCUT2D eigenvalue weighted by Gasteiger charge is 2.17. The number of rotatable bonds is 0. The Morgan fingerprint density at radius 3 is 2.80 bits per heavy atom. The molecule has 0 radical (unpaired) electrons. The van der Waals surface area contributed by atoms with Gasteiger partial charge in [0.1, 0.15) is 0 Å². The molecule has 0 unspecified atom stereocenters. The van der Waals surface area contributed by atoms with E-state index in [1.54, 1.807) is 0 Å². The molecule has 0 aliphatic heterocycles. The molecular formula is C12H15N3. The molecule has 0 aromatic carbocycles. The van der Waals surface area contributed by atoms with Crippen molar-refractivity contribution in [3.63, 3.8) is 0 Å². The van der Waals surface area contributed by atoms with Gasteiger partial charge in [0.05, 0.1) is 5.69 Å². The summed E-state index contributed by atoms with van der Waals surface area (Å²) in [5.41, 5.74) is 4.97. The Bertz CT molecular complexity index is 525. The van der Waals surface area contributed by atoms with Gasteiger partial charge in [-0.2, -0.15) is 0 Å². The first-order valence-electron chi connectivity index (χ1n) is 5.60. The van der Waals surface area contributed by atoms with Crippen molar-refractivity contribution in [3.05, 3.63) is 28.8 Å². The summed E-state index contributed by atoms with van der Waals surface area (Å²) in [6.07, 6.45) is 4.84. The van der Waals surface area contributed by atoms with E-state index in [0.29, 0.717) is 0 Å². The summed E-state index contributed by atoms with van der Waals surface area (Å²) in [5, 5.41) is 0. The molecule has 0 N–H and O–H groups in total. The Balaban J connectivity index is 2.37. The van der Waals surface area contributed by atoms with Crippen LogP contribution in [0.3, 0.4) is 0 Å². The molecule has 3 rings (SSSR count). The molecule has 0 spiro atoms. The first-order chi connectivity index (χ1) is 7.25. The molecule has 78 valence electrons. The third-order valence-electron chi connectivity index (χ3n) is 3.16. The van der Waals surface area contributed by atoms with Crippen molar-refractivity contribution < 1.29 is 0 Å². The first-order valence-corrected chi connectivity index (χ1v) is 5.60. The van der Waals surface area contributed by atoms with Crippen molar-refractivity contribution >= 4 is 5.78 Å². The van der Waals surface area contributed by atoms with Crippen molar-refractivity contribution in [2.24, 2.45) is 0 Å². The second-order valence-electron chi connectivity index (χ2n) is 4.39. The smallest absolute Gasteiger partial charge is 0.234 e. The standard InChI is InChI=1S/C12H15N3/c1-8-7-9(2)15-11-6-4-3-5-10(11)14-12(15)13-8/h7H,3-6H2,1-2H3. The Morgan fingerprint density at radius 2 is 1.93 bits per heavy atom. The second-order valence-corrected chi connectivity index (χ2v) is 4.39. The van der Waals surface area contributed by atoms with Crippen molar-refractivity contribution in [2.75, 3.05) is 0 Å². The minimum absolute atomic E-state index is 0.888. The fourth-order valence-corrected chi connectivity index (χ4v) is 2.53. The van der Waals surface area contributed by atoms with Crippen LogP contribution in [0.15, 0.2) is 6.07 Å². The number of aromatic nitrogens is 3. The van der Waals surface area contributed by atoms with E-state index >= 15 is 0 Å². The van der Waals surface area contributed by atoms with Gasteiger partial charge in [-0.1, -0.05) is 0 Å². The van der Waals surface area contributed by atoms with Crippen molar-refractivity contribution in [1.82, 2.24) is 14.4 Å². The van der Waals surface area contributed by atoms with E-state index in [9.17, 15) is 0 Å². The first kappa shape index (κ1) is 8.89. The number of fused-ring (bicyclic) bond motifs is 3. The van der Waals surface area contributed by atoms with Gasteiger partial charge in [0.25, 0.3) is 0 Å². The van der Waals surface area contributed by atoms with E-state index in [1.165, 1.54) is 29.9 Å². The fourth-order valence-electron chi connectivity index (χ4n) is 2.53. The Morgan fingerprint density at radius 1 is 1.13 bits per heavy atom. The summed E-state index contributed by atoms with van der Waals surface area (Å²) in [5.74, 6) is 0.888. The van der Waals surface area contributed by atoms with Crippen molar-refractivity contribution in [1.29, 1.82) is 0 Å². The number of nitrogens with zero attached hydrogens (tertiary/aromatic N) is 3. The minimum atomic E-state index is 0.888. The summed E-state index contributed by atoms with van der Waals surface area (Å²) >= 11 is 0. The zero-order valence-electron chi connectivity index (χ0n) is 9.25. The molecule has 1 aliphatic carbocycles. The minimum Gasteiger partial charge on any atom is -0.285 e. The molecule has 2 aromatic heterocycles. The number of hydrogen-bond acceptors (Lipinski definition) is 2. The van der Waals surface area contributed by atoms with Crippen LogP contribution in [0, 0.1) is 13.8 Å². The van der Waals surface area contributed by atoms with Gasteiger partial charge in [0.2, 0.25) is 5.78 Å². The Hall–Kier alpha value is -1.38. The highest BCUT2D eigenvalue weighted by Crippen LogP contribution is 2.22. The van der Waals surface area contributed by atoms with Gasteiger partial charge in [-0.25, -0.2) is 9.97 Å². The molecule has 2 aromatic rings. The molecule has 0 saturated carbocycles. The maximum atomic E-state index is 4.63. The molecular weight excluding hydrogens is 186 g/mol. The molecule has 0 saturated heterocycles. The van der Waals surface area contributed by atoms with Gasteiger partial charge in [0.15, 0.2) is 0 Å². The average Bonchev–Trinajstić information content (AvgIpc) is 2.54. The zero-order chi connectivity index (χ0) is 10.4. The lowest BCUT2D eigenvalue weighted by molar-refractivity contribution is 0.658. The SMILES string of the molecule is Cc1cc(C)n2c3c(nc2n1)CCCC3. The average molecular weight is 201 g/mol. The second kappa shape index (κ2) is 3.05. The molecule has 0 atom stereocenters. The molecule has 3 nitrogen and oxygen atoms in total. The van der Waals surface area contributed by atoms with E-state index < -0.39 is 0 Å². The maximum Gasteiger partial charge on any atom is 0.234 e. The van der Waals surface area contributed by atoms with Gasteiger partial charge >= 0.3 is 0 Å². The van der Waals surface area contributed by atoms with E-state index in [-0.39, 0.29) is 0 Å². The van der Waals surface area contributed by atoms with Crippen LogP contribution in [0.5, 0.6) is 0 Å². The topological polar surface area (TPSA) is 30.2 Å². The van der Waals surface area contributed by atoms with Crippen LogP contribution in [0.2, 0.25) is 0 Å². The number of hydrogen-bond donors (Lipinski definition) is 0. The molecule has 0 bridgehead atoms. The molecule has 0 fully saturated rings. The zero-order valence-corrected chi connectivity index (χ0v) is 9.25. The van der Waals surface area contributed by atoms with E-state index in [0.717, 1.165) is 24.3 Å². The van der Waals surface area contributed by atoms with Gasteiger partial charge < -0.3 is 0 Å². The van der Waals surface area contributed by atoms with Gasteiger partial charge in [-0.05, 0) is 45.6 Å². The molecule has 15 heavy (non-hydrogen) atoms. The predicted molar refractivity (Wildman–Crippen MR) is 59.1 cm³/mol. The van der Waals surface area contributed by atoms with Crippen molar-refractivity contribution in [2.45, 2.75) is 39.5 Å². The number of aryl methyl sites for hydroxylation is 4. The summed E-state index contributed by atoms with van der Waals surface area (Å²) in [6.45, 7) is 4.17. The summed E-state index contributed by atoms with van der Waals surface area (Å²) in [7, 11) is 0. The van der Waals surface area contributed by atoms with E-state index in [2.05, 4.69) is 27.4 Å². The predicted octanol–water partition coefficient (Wildman–Crippen LogP) is 2.22. The quantitative estimate of drug-likeness (QED) is 0.654. The lowest BCUT2D eigenvalue weighted by Gasteiger charge is -2.11. The fraction of sp³-hybridized carbons (Fsp3) is 0.500.